The zero-order valence-electron chi connectivity index (χ0n) is 25.1. The SMILES string of the molecule is COc1cc(C2C3=CCC4C(=O)N(c5cc(C(F)(F)F)cc(C(F)(F)F)c5)C(=O)C4C3CC3(Cl)C(=O)N(CBr)C(=O)C23Cl)cc(OC)c1O. The van der Waals surface area contributed by atoms with E-state index in [4.69, 9.17) is 32.7 Å². The van der Waals surface area contributed by atoms with Gasteiger partial charge < -0.3 is 14.6 Å². The Hall–Kier alpha value is -3.50. The van der Waals surface area contributed by atoms with Crippen molar-refractivity contribution in [2.45, 2.75) is 40.9 Å². The van der Waals surface area contributed by atoms with Gasteiger partial charge in [0.2, 0.25) is 17.6 Å². The van der Waals surface area contributed by atoms with E-state index in [2.05, 4.69) is 15.9 Å². The first-order valence-corrected chi connectivity index (χ1v) is 16.3. The molecule has 3 fully saturated rings. The van der Waals surface area contributed by atoms with Gasteiger partial charge in [0.05, 0.1) is 48.3 Å². The van der Waals surface area contributed by atoms with Gasteiger partial charge in [-0.1, -0.05) is 27.6 Å². The maximum absolute atomic E-state index is 14.2. The molecule has 18 heteroatoms. The summed E-state index contributed by atoms with van der Waals surface area (Å²) >= 11 is 17.4. The number of carbonyl (C=O) groups excluding carboxylic acids is 4. The third-order valence-electron chi connectivity index (χ3n) is 9.68. The fourth-order valence-corrected chi connectivity index (χ4v) is 8.96. The van der Waals surface area contributed by atoms with Crippen molar-refractivity contribution in [3.8, 4) is 17.2 Å². The summed E-state index contributed by atoms with van der Waals surface area (Å²) in [7, 11) is 2.47. The number of aromatic hydroxyl groups is 1. The van der Waals surface area contributed by atoms with Gasteiger partial charge in [-0.2, -0.15) is 26.3 Å². The smallest absolute Gasteiger partial charge is 0.416 e. The van der Waals surface area contributed by atoms with E-state index in [0.717, 1.165) is 4.90 Å². The average molecular weight is 800 g/mol. The van der Waals surface area contributed by atoms with E-state index in [0.29, 0.717) is 4.90 Å². The molecule has 6 atom stereocenters. The number of imide groups is 2. The molecule has 4 amide bonds. The Labute approximate surface area is 291 Å². The second-order valence-corrected chi connectivity index (χ2v) is 13.8. The van der Waals surface area contributed by atoms with Crippen LogP contribution in [0, 0.1) is 17.8 Å². The highest BCUT2D eigenvalue weighted by Crippen LogP contribution is 2.66. The Bertz CT molecular complexity index is 1800. The number of fused-ring (bicyclic) bond motifs is 4. The number of likely N-dealkylation sites (tertiary alicyclic amines) is 1. The molecule has 262 valence electrons. The van der Waals surface area contributed by atoms with E-state index in [9.17, 15) is 50.6 Å². The first-order valence-electron chi connectivity index (χ1n) is 14.4. The number of allylic oxidation sites excluding steroid dienone is 2. The monoisotopic (exact) mass is 798 g/mol. The van der Waals surface area contributed by atoms with Crippen molar-refractivity contribution < 1.29 is 60.1 Å². The van der Waals surface area contributed by atoms with Crippen molar-refractivity contribution in [2.24, 2.45) is 17.8 Å². The second kappa shape index (κ2) is 11.5. The number of hydrogen-bond donors (Lipinski definition) is 1. The lowest BCUT2D eigenvalue weighted by atomic mass is 9.56. The predicted octanol–water partition coefficient (Wildman–Crippen LogP) is 6.36. The Morgan fingerprint density at radius 1 is 0.878 bits per heavy atom. The molecule has 4 aliphatic rings. The predicted molar refractivity (Wildman–Crippen MR) is 163 cm³/mol. The highest BCUT2D eigenvalue weighted by atomic mass is 79.9. The van der Waals surface area contributed by atoms with Crippen molar-refractivity contribution in [3.63, 3.8) is 0 Å². The number of phenols is 1. The van der Waals surface area contributed by atoms with E-state index in [1.807, 2.05) is 0 Å². The van der Waals surface area contributed by atoms with Gasteiger partial charge in [-0.05, 0) is 54.7 Å². The van der Waals surface area contributed by atoms with E-state index in [1.54, 1.807) is 0 Å². The molecule has 2 aliphatic heterocycles. The first-order chi connectivity index (χ1) is 22.8. The summed E-state index contributed by atoms with van der Waals surface area (Å²) in [5.74, 6) is -9.83. The number of carbonyl (C=O) groups is 4. The topological polar surface area (TPSA) is 113 Å². The van der Waals surface area contributed by atoms with Gasteiger partial charge >= 0.3 is 12.4 Å². The minimum absolute atomic E-state index is 0.122. The van der Waals surface area contributed by atoms with Crippen LogP contribution in [0.25, 0.3) is 0 Å². The highest BCUT2D eigenvalue weighted by Gasteiger charge is 2.76. The van der Waals surface area contributed by atoms with E-state index in [1.165, 1.54) is 32.4 Å². The molecule has 6 unspecified atom stereocenters. The summed E-state index contributed by atoms with van der Waals surface area (Å²) in [4.78, 5) is 52.2. The van der Waals surface area contributed by atoms with Crippen molar-refractivity contribution in [1.29, 1.82) is 0 Å². The Morgan fingerprint density at radius 3 is 1.92 bits per heavy atom. The first kappa shape index (κ1) is 35.3. The van der Waals surface area contributed by atoms with Gasteiger partial charge in [0.15, 0.2) is 21.2 Å². The average Bonchev–Trinajstić information content (AvgIpc) is 3.37. The van der Waals surface area contributed by atoms with E-state index >= 15 is 0 Å². The van der Waals surface area contributed by atoms with Crippen LogP contribution >= 0.6 is 39.1 Å². The van der Waals surface area contributed by atoms with Gasteiger partial charge in [0.25, 0.3) is 11.8 Å². The van der Waals surface area contributed by atoms with Crippen LogP contribution in [-0.4, -0.2) is 63.1 Å². The molecule has 2 saturated heterocycles. The number of rotatable bonds is 5. The summed E-state index contributed by atoms with van der Waals surface area (Å²) in [6.45, 7) is 0. The summed E-state index contributed by atoms with van der Waals surface area (Å²) in [5.41, 5.74) is -4.28. The summed E-state index contributed by atoms with van der Waals surface area (Å²) < 4.78 is 92.8. The molecule has 0 bridgehead atoms. The zero-order chi connectivity index (χ0) is 36.2. The van der Waals surface area contributed by atoms with Gasteiger partial charge in [0.1, 0.15) is 0 Å². The number of nitrogens with zero attached hydrogens (tertiary/aromatic N) is 2. The third kappa shape index (κ3) is 4.94. The fraction of sp³-hybridized carbons (Fsp3) is 0.419. The van der Waals surface area contributed by atoms with Gasteiger partial charge in [0, 0.05) is 5.92 Å². The molecule has 0 spiro atoms. The molecule has 6 rings (SSSR count). The molecule has 1 N–H and O–H groups in total. The molecular weight excluding hydrogens is 777 g/mol. The van der Waals surface area contributed by atoms with Crippen LogP contribution in [0.1, 0.15) is 35.4 Å². The second-order valence-electron chi connectivity index (χ2n) is 12.0. The lowest BCUT2D eigenvalue weighted by Gasteiger charge is -2.50. The lowest BCUT2D eigenvalue weighted by Crippen LogP contribution is -2.60. The van der Waals surface area contributed by atoms with Gasteiger partial charge in [-0.25, -0.2) is 4.90 Å². The number of benzene rings is 2. The van der Waals surface area contributed by atoms with Gasteiger partial charge in [-0.3, -0.25) is 24.1 Å². The fourth-order valence-electron chi connectivity index (χ4n) is 7.53. The minimum Gasteiger partial charge on any atom is -0.502 e. The van der Waals surface area contributed by atoms with Gasteiger partial charge in [-0.15, -0.1) is 23.2 Å². The van der Waals surface area contributed by atoms with Crippen molar-refractivity contribution in [2.75, 3.05) is 24.6 Å². The molecule has 2 heterocycles. The quantitative estimate of drug-likeness (QED) is 0.123. The lowest BCUT2D eigenvalue weighted by molar-refractivity contribution is -0.143. The molecule has 2 aliphatic carbocycles. The number of hydrogen-bond acceptors (Lipinski definition) is 7. The molecule has 2 aromatic rings. The van der Waals surface area contributed by atoms with Crippen LogP contribution in [0.2, 0.25) is 0 Å². The Morgan fingerprint density at radius 2 is 1.43 bits per heavy atom. The normalized spacial score (nSPS) is 29.9. The number of methoxy groups -OCH3 is 2. The van der Waals surface area contributed by atoms with Crippen LogP contribution in [0.15, 0.2) is 42.0 Å². The van der Waals surface area contributed by atoms with E-state index < -0.39 is 98.4 Å². The molecule has 9 nitrogen and oxygen atoms in total. The molecular formula is C31H23BrCl2F6N2O7. The number of halogens is 9. The molecule has 1 saturated carbocycles. The number of amides is 4. The van der Waals surface area contributed by atoms with Crippen molar-refractivity contribution in [1.82, 2.24) is 4.90 Å². The van der Waals surface area contributed by atoms with Crippen molar-refractivity contribution >= 4 is 68.4 Å². The van der Waals surface area contributed by atoms with Crippen LogP contribution < -0.4 is 14.4 Å². The highest BCUT2D eigenvalue weighted by molar-refractivity contribution is 9.09. The third-order valence-corrected chi connectivity index (χ3v) is 11.6. The maximum Gasteiger partial charge on any atom is 0.416 e. The van der Waals surface area contributed by atoms with E-state index in [-0.39, 0.29) is 52.7 Å². The standard InChI is InChI=1S/C31H23BrCl2F6N2O7/c1-48-19-5-12(6-20(49-2)23(19)43)22-16-3-4-17-21(18(16)10-28(33)26(46)41(11-32)27(47)29(22,28)34)25(45)42(24(17)44)15-8-13(30(35,36)37)7-14(9-15)31(38,39)40/h3,5-9,17-18,21-22,43H,4,10-11H2,1-2H3. The molecule has 2 aromatic carbocycles. The summed E-state index contributed by atoms with van der Waals surface area (Å²) in [5, 5.41) is 10.6. The summed E-state index contributed by atoms with van der Waals surface area (Å²) in [6.07, 6.45) is -9.71. The number of anilines is 1. The molecule has 0 aromatic heterocycles. The zero-order valence-corrected chi connectivity index (χ0v) is 28.2. The van der Waals surface area contributed by atoms with Crippen LogP contribution in [0.5, 0.6) is 17.2 Å². The summed E-state index contributed by atoms with van der Waals surface area (Å²) in [6, 6.07) is 3.10. The van der Waals surface area contributed by atoms with Crippen LogP contribution in [0.3, 0.4) is 0 Å². The van der Waals surface area contributed by atoms with Crippen molar-refractivity contribution in [3.05, 3.63) is 58.7 Å². The molecule has 49 heavy (non-hydrogen) atoms. The van der Waals surface area contributed by atoms with Crippen LogP contribution in [0.4, 0.5) is 32.0 Å². The van der Waals surface area contributed by atoms with Crippen LogP contribution in [-0.2, 0) is 31.5 Å². The number of alkyl halides is 9. The largest absolute Gasteiger partial charge is 0.502 e. The maximum atomic E-state index is 14.2. The number of phenolic OH excluding ortho intramolecular Hbond substituents is 1. The number of ether oxygens (including phenoxy) is 2. The molecule has 0 radical (unpaired) electrons. The Balaban J connectivity index is 1.53. The Kier molecular flexibility index (Phi) is 8.31. The minimum atomic E-state index is -5.25.